The van der Waals surface area contributed by atoms with E-state index >= 15 is 0 Å². The third kappa shape index (κ3) is 4.94. The molecule has 0 aromatic rings. The Labute approximate surface area is 97.6 Å². The van der Waals surface area contributed by atoms with E-state index in [1.165, 1.54) is 12.8 Å². The molecule has 0 aromatic heterocycles. The Bertz CT molecular complexity index is 229. The first-order chi connectivity index (χ1) is 7.38. The number of hydrogen-bond donors (Lipinski definition) is 1. The van der Waals surface area contributed by atoms with E-state index in [9.17, 15) is 4.79 Å². The molecule has 1 atom stereocenters. The molecule has 0 amide bonds. The summed E-state index contributed by atoms with van der Waals surface area (Å²) in [6, 6.07) is -0.417. The zero-order valence-corrected chi connectivity index (χ0v) is 10.7. The molecule has 0 aliphatic heterocycles. The molecule has 0 bridgehead atoms. The van der Waals surface area contributed by atoms with Crippen LogP contribution in [0.2, 0.25) is 0 Å². The molecule has 0 spiro atoms. The second kappa shape index (κ2) is 5.64. The number of nitrogens with one attached hydrogen (secondary N) is 1. The molecule has 94 valence electrons. The van der Waals surface area contributed by atoms with Crippen molar-refractivity contribution in [3.8, 4) is 0 Å². The summed E-state index contributed by atoms with van der Waals surface area (Å²) >= 11 is 0. The van der Waals surface area contributed by atoms with Crippen molar-refractivity contribution in [1.29, 1.82) is 0 Å². The SMILES string of the molecule is CC(NOC1CCCC1)C(=O)OC(C)(C)C. The first-order valence-corrected chi connectivity index (χ1v) is 6.02. The molecule has 1 saturated carbocycles. The van der Waals surface area contributed by atoms with Gasteiger partial charge in [-0.15, -0.1) is 0 Å². The highest BCUT2D eigenvalue weighted by Gasteiger charge is 2.23. The Kier molecular flexibility index (Phi) is 4.74. The zero-order valence-electron chi connectivity index (χ0n) is 10.7. The predicted octanol–water partition coefficient (Wildman–Crippen LogP) is 2.18. The van der Waals surface area contributed by atoms with Gasteiger partial charge in [0.1, 0.15) is 11.6 Å². The average Bonchev–Trinajstić information content (AvgIpc) is 2.63. The first kappa shape index (κ1) is 13.5. The lowest BCUT2D eigenvalue weighted by Gasteiger charge is -2.23. The van der Waals surface area contributed by atoms with Crippen LogP contribution in [0.1, 0.15) is 53.4 Å². The van der Waals surface area contributed by atoms with Gasteiger partial charge in [-0.2, -0.15) is 5.48 Å². The number of esters is 1. The summed E-state index contributed by atoms with van der Waals surface area (Å²) in [7, 11) is 0. The van der Waals surface area contributed by atoms with E-state index in [1.807, 2.05) is 20.8 Å². The fraction of sp³-hybridized carbons (Fsp3) is 0.917. The molecule has 4 nitrogen and oxygen atoms in total. The quantitative estimate of drug-likeness (QED) is 0.593. The summed E-state index contributed by atoms with van der Waals surface area (Å²) < 4.78 is 5.23. The molecular weight excluding hydrogens is 206 g/mol. The smallest absolute Gasteiger partial charge is 0.325 e. The summed E-state index contributed by atoms with van der Waals surface area (Å²) in [5.74, 6) is -0.273. The highest BCUT2D eigenvalue weighted by molar-refractivity contribution is 5.75. The fourth-order valence-electron chi connectivity index (χ4n) is 1.64. The minimum absolute atomic E-state index is 0.255. The number of carbonyl (C=O) groups is 1. The van der Waals surface area contributed by atoms with Crippen LogP contribution in [0.25, 0.3) is 0 Å². The number of carbonyl (C=O) groups excluding carboxylic acids is 1. The first-order valence-electron chi connectivity index (χ1n) is 6.02. The van der Waals surface area contributed by atoms with Gasteiger partial charge in [-0.25, -0.2) is 0 Å². The van der Waals surface area contributed by atoms with Crippen LogP contribution in [0.3, 0.4) is 0 Å². The molecule has 1 N–H and O–H groups in total. The molecule has 0 heterocycles. The van der Waals surface area contributed by atoms with Gasteiger partial charge in [0, 0.05) is 0 Å². The monoisotopic (exact) mass is 229 g/mol. The summed E-state index contributed by atoms with van der Waals surface area (Å²) in [5.41, 5.74) is 2.33. The third-order valence-electron chi connectivity index (χ3n) is 2.47. The molecule has 4 heteroatoms. The van der Waals surface area contributed by atoms with E-state index < -0.39 is 11.6 Å². The standard InChI is InChI=1S/C12H23NO3/c1-9(11(14)15-12(2,3)4)13-16-10-7-5-6-8-10/h9-10,13H,5-8H2,1-4H3. The predicted molar refractivity (Wildman–Crippen MR) is 61.8 cm³/mol. The van der Waals surface area contributed by atoms with Crippen LogP contribution in [0.5, 0.6) is 0 Å². The van der Waals surface area contributed by atoms with Crippen molar-refractivity contribution in [2.24, 2.45) is 0 Å². The summed E-state index contributed by atoms with van der Waals surface area (Å²) in [6.07, 6.45) is 4.84. The molecule has 16 heavy (non-hydrogen) atoms. The van der Waals surface area contributed by atoms with Gasteiger partial charge in [0.15, 0.2) is 0 Å². The van der Waals surface area contributed by atoms with Gasteiger partial charge in [0.05, 0.1) is 6.10 Å². The summed E-state index contributed by atoms with van der Waals surface area (Å²) in [4.78, 5) is 17.0. The van der Waals surface area contributed by atoms with Gasteiger partial charge < -0.3 is 4.74 Å². The maximum Gasteiger partial charge on any atom is 0.325 e. The van der Waals surface area contributed by atoms with Gasteiger partial charge in [0.2, 0.25) is 0 Å². The van der Waals surface area contributed by atoms with Crippen molar-refractivity contribution >= 4 is 5.97 Å². The zero-order chi connectivity index (χ0) is 12.2. The molecule has 0 radical (unpaired) electrons. The highest BCUT2D eigenvalue weighted by atomic mass is 16.7. The molecule has 1 aliphatic carbocycles. The van der Waals surface area contributed by atoms with Crippen molar-refractivity contribution in [2.45, 2.75) is 71.1 Å². The summed E-state index contributed by atoms with van der Waals surface area (Å²) in [6.45, 7) is 7.32. The topological polar surface area (TPSA) is 47.6 Å². The molecule has 0 aromatic carbocycles. The molecule has 0 saturated heterocycles. The second-order valence-corrected chi connectivity index (χ2v) is 5.40. The normalized spacial score (nSPS) is 19.8. The van der Waals surface area contributed by atoms with Crippen LogP contribution in [-0.2, 0) is 14.4 Å². The van der Waals surface area contributed by atoms with Gasteiger partial charge in [-0.3, -0.25) is 9.63 Å². The average molecular weight is 229 g/mol. The maximum atomic E-state index is 11.6. The van der Waals surface area contributed by atoms with Crippen molar-refractivity contribution in [2.75, 3.05) is 0 Å². The Morgan fingerprint density at radius 1 is 1.31 bits per heavy atom. The molecule has 1 fully saturated rings. The van der Waals surface area contributed by atoms with Crippen LogP contribution >= 0.6 is 0 Å². The van der Waals surface area contributed by atoms with Crippen molar-refractivity contribution in [3.63, 3.8) is 0 Å². The van der Waals surface area contributed by atoms with Crippen LogP contribution in [0.15, 0.2) is 0 Å². The molecule has 1 unspecified atom stereocenters. The molecular formula is C12H23NO3. The number of hydroxylamine groups is 1. The Balaban J connectivity index is 2.23. The second-order valence-electron chi connectivity index (χ2n) is 5.40. The number of rotatable bonds is 4. The number of hydrogen-bond acceptors (Lipinski definition) is 4. The highest BCUT2D eigenvalue weighted by Crippen LogP contribution is 2.20. The number of ether oxygens (including phenoxy) is 1. The summed E-state index contributed by atoms with van der Waals surface area (Å²) in [5, 5.41) is 0. The van der Waals surface area contributed by atoms with Gasteiger partial charge in [0.25, 0.3) is 0 Å². The fourth-order valence-corrected chi connectivity index (χ4v) is 1.64. The maximum absolute atomic E-state index is 11.6. The van der Waals surface area contributed by atoms with Gasteiger partial charge in [-0.05, 0) is 40.5 Å². The Morgan fingerprint density at radius 3 is 2.38 bits per heavy atom. The van der Waals surface area contributed by atoms with E-state index in [0.717, 1.165) is 12.8 Å². The molecule has 1 rings (SSSR count). The van der Waals surface area contributed by atoms with Crippen LogP contribution in [-0.4, -0.2) is 23.7 Å². The van der Waals surface area contributed by atoms with E-state index in [1.54, 1.807) is 6.92 Å². The Hall–Kier alpha value is -0.610. The van der Waals surface area contributed by atoms with Crippen molar-refractivity contribution in [3.05, 3.63) is 0 Å². The van der Waals surface area contributed by atoms with Crippen LogP contribution in [0, 0.1) is 0 Å². The molecule has 1 aliphatic rings. The minimum atomic E-state index is -0.444. The lowest BCUT2D eigenvalue weighted by atomic mass is 10.2. The van der Waals surface area contributed by atoms with E-state index in [2.05, 4.69) is 5.48 Å². The third-order valence-corrected chi connectivity index (χ3v) is 2.47. The van der Waals surface area contributed by atoms with E-state index in [-0.39, 0.29) is 12.1 Å². The largest absolute Gasteiger partial charge is 0.459 e. The minimum Gasteiger partial charge on any atom is -0.459 e. The van der Waals surface area contributed by atoms with Gasteiger partial charge in [-0.1, -0.05) is 12.8 Å². The lowest BCUT2D eigenvalue weighted by molar-refractivity contribution is -0.162. The van der Waals surface area contributed by atoms with E-state index in [4.69, 9.17) is 9.57 Å². The van der Waals surface area contributed by atoms with Crippen LogP contribution in [0.4, 0.5) is 0 Å². The van der Waals surface area contributed by atoms with Crippen molar-refractivity contribution in [1.82, 2.24) is 5.48 Å². The van der Waals surface area contributed by atoms with E-state index in [0.29, 0.717) is 0 Å². The van der Waals surface area contributed by atoms with Gasteiger partial charge >= 0.3 is 5.97 Å². The van der Waals surface area contributed by atoms with Crippen LogP contribution < -0.4 is 5.48 Å². The van der Waals surface area contributed by atoms with Crippen molar-refractivity contribution < 1.29 is 14.4 Å². The Morgan fingerprint density at radius 2 is 1.88 bits per heavy atom. The lowest BCUT2D eigenvalue weighted by Crippen LogP contribution is -2.40.